The summed E-state index contributed by atoms with van der Waals surface area (Å²) < 4.78 is 26.3. The zero-order valence-electron chi connectivity index (χ0n) is 12.6. The molecule has 2 amide bonds. The van der Waals surface area contributed by atoms with Gasteiger partial charge in [0.05, 0.1) is 0 Å². The largest absolute Gasteiger partial charge is 0.350 e. The van der Waals surface area contributed by atoms with E-state index in [1.807, 2.05) is 30.3 Å². The first-order valence-electron chi connectivity index (χ1n) is 7.01. The first-order chi connectivity index (χ1) is 11.0. The maximum Gasteiger partial charge on any atom is 0.240 e. The summed E-state index contributed by atoms with van der Waals surface area (Å²) in [6, 6.07) is 12.4. The van der Waals surface area contributed by atoms with Crippen molar-refractivity contribution in [3.8, 4) is 0 Å². The van der Waals surface area contributed by atoms with Gasteiger partial charge in [0.2, 0.25) is 11.8 Å². The molecule has 120 valence electrons. The van der Waals surface area contributed by atoms with Crippen LogP contribution in [-0.4, -0.2) is 18.4 Å². The molecule has 0 saturated carbocycles. The van der Waals surface area contributed by atoms with E-state index in [1.165, 1.54) is 13.0 Å². The minimum absolute atomic E-state index is 0.131. The fourth-order valence-corrected chi connectivity index (χ4v) is 2.03. The summed E-state index contributed by atoms with van der Waals surface area (Å²) in [7, 11) is 0. The van der Waals surface area contributed by atoms with Crippen molar-refractivity contribution >= 4 is 17.5 Å². The average molecular weight is 318 g/mol. The number of anilines is 1. The molecular formula is C17H16F2N2O2. The van der Waals surface area contributed by atoms with Gasteiger partial charge in [-0.2, -0.15) is 0 Å². The molecule has 23 heavy (non-hydrogen) atoms. The summed E-state index contributed by atoms with van der Waals surface area (Å²) in [5.74, 6) is -2.91. The molecule has 0 aliphatic carbocycles. The Morgan fingerprint density at radius 1 is 1.04 bits per heavy atom. The Morgan fingerprint density at radius 3 is 2.35 bits per heavy atom. The second kappa shape index (κ2) is 7.49. The second-order valence-corrected chi connectivity index (χ2v) is 4.97. The van der Waals surface area contributed by atoms with Gasteiger partial charge in [0, 0.05) is 25.2 Å². The highest BCUT2D eigenvalue weighted by Gasteiger charge is 2.17. The summed E-state index contributed by atoms with van der Waals surface area (Å²) in [6.45, 7) is 1.31. The third-order valence-electron chi connectivity index (χ3n) is 3.23. The van der Waals surface area contributed by atoms with Crippen molar-refractivity contribution in [1.82, 2.24) is 5.32 Å². The number of benzene rings is 2. The van der Waals surface area contributed by atoms with Crippen molar-refractivity contribution in [1.29, 1.82) is 0 Å². The third kappa shape index (κ3) is 4.60. The molecule has 0 fully saturated rings. The van der Waals surface area contributed by atoms with Crippen molar-refractivity contribution < 1.29 is 18.4 Å². The molecule has 2 aromatic rings. The number of hydrogen-bond donors (Lipinski definition) is 1. The molecule has 2 aromatic carbocycles. The Bertz CT molecular complexity index is 705. The summed E-state index contributed by atoms with van der Waals surface area (Å²) in [4.78, 5) is 24.7. The van der Waals surface area contributed by atoms with E-state index in [0.29, 0.717) is 6.54 Å². The summed E-state index contributed by atoms with van der Waals surface area (Å²) in [5, 5.41) is 2.68. The monoisotopic (exact) mass is 318 g/mol. The quantitative estimate of drug-likeness (QED) is 0.921. The van der Waals surface area contributed by atoms with E-state index in [0.717, 1.165) is 22.6 Å². The van der Waals surface area contributed by atoms with Crippen LogP contribution in [0.2, 0.25) is 0 Å². The van der Waals surface area contributed by atoms with Crippen LogP contribution in [0.1, 0.15) is 12.5 Å². The van der Waals surface area contributed by atoms with Crippen molar-refractivity contribution in [3.05, 3.63) is 65.7 Å². The predicted molar refractivity (Wildman–Crippen MR) is 82.7 cm³/mol. The zero-order chi connectivity index (χ0) is 16.8. The number of halogens is 2. The Hall–Kier alpha value is -2.76. The lowest BCUT2D eigenvalue weighted by Crippen LogP contribution is -2.39. The maximum absolute atomic E-state index is 13.3. The van der Waals surface area contributed by atoms with E-state index in [9.17, 15) is 18.4 Å². The highest BCUT2D eigenvalue weighted by molar-refractivity contribution is 5.97. The minimum atomic E-state index is -1.07. The summed E-state index contributed by atoms with van der Waals surface area (Å²) in [5.41, 5.74) is 1.05. The molecule has 0 radical (unpaired) electrons. The van der Waals surface area contributed by atoms with Crippen LogP contribution in [0, 0.1) is 11.6 Å². The highest BCUT2D eigenvalue weighted by atomic mass is 19.2. The number of carbonyl (C=O) groups excluding carboxylic acids is 2. The number of hydrogen-bond acceptors (Lipinski definition) is 2. The number of nitrogens with one attached hydrogen (secondary N) is 1. The van der Waals surface area contributed by atoms with Gasteiger partial charge >= 0.3 is 0 Å². The van der Waals surface area contributed by atoms with Gasteiger partial charge in [0.1, 0.15) is 6.54 Å². The van der Waals surface area contributed by atoms with E-state index in [2.05, 4.69) is 5.32 Å². The van der Waals surface area contributed by atoms with Gasteiger partial charge in [0.25, 0.3) is 0 Å². The zero-order valence-corrected chi connectivity index (χ0v) is 12.6. The lowest BCUT2D eigenvalue weighted by atomic mass is 10.2. The van der Waals surface area contributed by atoms with E-state index in [-0.39, 0.29) is 12.2 Å². The number of carbonyl (C=O) groups is 2. The van der Waals surface area contributed by atoms with Crippen LogP contribution >= 0.6 is 0 Å². The van der Waals surface area contributed by atoms with Gasteiger partial charge < -0.3 is 10.2 Å². The molecule has 0 aliphatic heterocycles. The molecule has 1 N–H and O–H groups in total. The van der Waals surface area contributed by atoms with Gasteiger partial charge in [-0.25, -0.2) is 8.78 Å². The van der Waals surface area contributed by atoms with Gasteiger partial charge in [-0.15, -0.1) is 0 Å². The van der Waals surface area contributed by atoms with E-state index >= 15 is 0 Å². The molecule has 0 unspecified atom stereocenters. The summed E-state index contributed by atoms with van der Waals surface area (Å²) >= 11 is 0. The second-order valence-electron chi connectivity index (χ2n) is 4.97. The van der Waals surface area contributed by atoms with E-state index < -0.39 is 23.4 Å². The van der Waals surface area contributed by atoms with Crippen LogP contribution in [0.15, 0.2) is 48.5 Å². The van der Waals surface area contributed by atoms with Crippen LogP contribution in [0.25, 0.3) is 0 Å². The lowest BCUT2D eigenvalue weighted by Gasteiger charge is -2.20. The van der Waals surface area contributed by atoms with Crippen LogP contribution in [0.4, 0.5) is 14.5 Å². The Labute approximate surface area is 132 Å². The van der Waals surface area contributed by atoms with Crippen molar-refractivity contribution in [2.45, 2.75) is 13.5 Å². The molecule has 0 aliphatic rings. The average Bonchev–Trinajstić information content (AvgIpc) is 2.54. The van der Waals surface area contributed by atoms with Crippen LogP contribution < -0.4 is 10.2 Å². The van der Waals surface area contributed by atoms with Gasteiger partial charge in [-0.05, 0) is 17.7 Å². The molecule has 0 spiro atoms. The van der Waals surface area contributed by atoms with Gasteiger partial charge in [-0.1, -0.05) is 30.3 Å². The minimum Gasteiger partial charge on any atom is -0.350 e. The molecule has 0 heterocycles. The Balaban J connectivity index is 2.02. The van der Waals surface area contributed by atoms with E-state index in [4.69, 9.17) is 0 Å². The first-order valence-corrected chi connectivity index (χ1v) is 7.01. The topological polar surface area (TPSA) is 49.4 Å². The molecule has 0 atom stereocenters. The Morgan fingerprint density at radius 2 is 1.74 bits per heavy atom. The molecular weight excluding hydrogens is 302 g/mol. The van der Waals surface area contributed by atoms with Crippen molar-refractivity contribution in [3.63, 3.8) is 0 Å². The number of rotatable bonds is 5. The molecule has 0 aromatic heterocycles. The van der Waals surface area contributed by atoms with Crippen LogP contribution in [0.5, 0.6) is 0 Å². The van der Waals surface area contributed by atoms with Gasteiger partial charge in [0.15, 0.2) is 11.6 Å². The molecule has 0 saturated heterocycles. The van der Waals surface area contributed by atoms with Crippen LogP contribution in [0.3, 0.4) is 0 Å². The lowest BCUT2D eigenvalue weighted by molar-refractivity contribution is -0.123. The smallest absolute Gasteiger partial charge is 0.240 e. The van der Waals surface area contributed by atoms with E-state index in [1.54, 1.807) is 0 Å². The SMILES string of the molecule is CC(=O)N(CC(=O)NCc1ccccc1)c1ccc(F)c(F)c1. The normalized spacial score (nSPS) is 10.2. The maximum atomic E-state index is 13.3. The number of amides is 2. The van der Waals surface area contributed by atoms with Crippen LogP contribution in [-0.2, 0) is 16.1 Å². The molecule has 4 nitrogen and oxygen atoms in total. The Kier molecular flexibility index (Phi) is 5.41. The molecule has 2 rings (SSSR count). The predicted octanol–water partition coefficient (Wildman–Crippen LogP) is 2.63. The standard InChI is InChI=1S/C17H16F2N2O2/c1-12(22)21(14-7-8-15(18)16(19)9-14)11-17(23)20-10-13-5-3-2-4-6-13/h2-9H,10-11H2,1H3,(H,20,23). The first kappa shape index (κ1) is 16.6. The molecule has 6 heteroatoms. The highest BCUT2D eigenvalue weighted by Crippen LogP contribution is 2.18. The fraction of sp³-hybridized carbons (Fsp3) is 0.176. The van der Waals surface area contributed by atoms with Crippen molar-refractivity contribution in [2.75, 3.05) is 11.4 Å². The van der Waals surface area contributed by atoms with Crippen molar-refractivity contribution in [2.24, 2.45) is 0 Å². The molecule has 0 bridgehead atoms. The summed E-state index contributed by atoms with van der Waals surface area (Å²) in [6.07, 6.45) is 0. The third-order valence-corrected chi connectivity index (χ3v) is 3.23. The fourth-order valence-electron chi connectivity index (χ4n) is 2.03. The van der Waals surface area contributed by atoms with Gasteiger partial charge in [-0.3, -0.25) is 9.59 Å². The number of nitrogens with zero attached hydrogens (tertiary/aromatic N) is 1.